The Morgan fingerprint density at radius 3 is 2.08 bits per heavy atom. The van der Waals surface area contributed by atoms with Crippen molar-refractivity contribution < 1.29 is 4.79 Å². The molecule has 3 rings (SSSR count). The lowest BCUT2D eigenvalue weighted by atomic mass is 9.85. The third kappa shape index (κ3) is 3.16. The van der Waals surface area contributed by atoms with Crippen LogP contribution >= 0.6 is 0 Å². The lowest BCUT2D eigenvalue weighted by Crippen LogP contribution is -2.14. The van der Waals surface area contributed by atoms with Gasteiger partial charge in [0.1, 0.15) is 0 Å². The van der Waals surface area contributed by atoms with Crippen molar-refractivity contribution in [3.63, 3.8) is 0 Å². The lowest BCUT2D eigenvalue weighted by Gasteiger charge is -2.17. The van der Waals surface area contributed by atoms with Gasteiger partial charge in [0.25, 0.3) is 0 Å². The predicted octanol–water partition coefficient (Wildman–Crippen LogP) is 6.04. The van der Waals surface area contributed by atoms with E-state index in [1.807, 2.05) is 67.6 Å². The van der Waals surface area contributed by atoms with E-state index in [4.69, 9.17) is 0 Å². The quantitative estimate of drug-likeness (QED) is 0.525. The Balaban J connectivity index is 2.02. The Morgan fingerprint density at radius 1 is 0.833 bits per heavy atom. The van der Waals surface area contributed by atoms with Crippen LogP contribution in [0.4, 0.5) is 0 Å². The van der Waals surface area contributed by atoms with Crippen molar-refractivity contribution in [2.24, 2.45) is 0 Å². The van der Waals surface area contributed by atoms with Crippen LogP contribution in [0.25, 0.3) is 11.1 Å². The van der Waals surface area contributed by atoms with E-state index in [2.05, 4.69) is 25.1 Å². The maximum atomic E-state index is 13.2. The van der Waals surface area contributed by atoms with E-state index in [-0.39, 0.29) is 11.7 Å². The van der Waals surface area contributed by atoms with E-state index < -0.39 is 0 Å². The van der Waals surface area contributed by atoms with E-state index in [1.165, 1.54) is 0 Å². The molecule has 3 aromatic carbocycles. The molecule has 1 heteroatoms. The SMILES string of the molecule is CCC(C(=O)c1cccc(-c2ccccc2)c1C)c1ccccc1. The number of benzene rings is 3. The fraction of sp³-hybridized carbons (Fsp3) is 0.174. The first kappa shape index (κ1) is 16.2. The molecule has 120 valence electrons. The molecule has 0 aromatic heterocycles. The zero-order chi connectivity index (χ0) is 16.9. The molecule has 3 aromatic rings. The van der Waals surface area contributed by atoms with E-state index in [1.54, 1.807) is 0 Å². The first-order chi connectivity index (χ1) is 11.7. The number of hydrogen-bond donors (Lipinski definition) is 0. The summed E-state index contributed by atoms with van der Waals surface area (Å²) in [4.78, 5) is 13.2. The molecule has 1 unspecified atom stereocenters. The van der Waals surface area contributed by atoms with E-state index >= 15 is 0 Å². The highest BCUT2D eigenvalue weighted by atomic mass is 16.1. The monoisotopic (exact) mass is 314 g/mol. The fourth-order valence-electron chi connectivity index (χ4n) is 3.28. The lowest BCUT2D eigenvalue weighted by molar-refractivity contribution is 0.0957. The van der Waals surface area contributed by atoms with Crippen LogP contribution in [-0.2, 0) is 0 Å². The molecule has 0 aliphatic heterocycles. The molecule has 0 heterocycles. The van der Waals surface area contributed by atoms with Crippen molar-refractivity contribution in [3.05, 3.63) is 95.6 Å². The largest absolute Gasteiger partial charge is 0.293 e. The van der Waals surface area contributed by atoms with Crippen molar-refractivity contribution in [3.8, 4) is 11.1 Å². The summed E-state index contributed by atoms with van der Waals surface area (Å²) in [6.07, 6.45) is 0.803. The average Bonchev–Trinajstić information content (AvgIpc) is 2.64. The van der Waals surface area contributed by atoms with Crippen molar-refractivity contribution in [1.29, 1.82) is 0 Å². The molecule has 0 aliphatic carbocycles. The zero-order valence-corrected chi connectivity index (χ0v) is 14.2. The van der Waals surface area contributed by atoms with Gasteiger partial charge in [-0.3, -0.25) is 4.79 Å². The first-order valence-corrected chi connectivity index (χ1v) is 8.46. The van der Waals surface area contributed by atoms with E-state index in [9.17, 15) is 4.79 Å². The van der Waals surface area contributed by atoms with Gasteiger partial charge in [0.05, 0.1) is 0 Å². The highest BCUT2D eigenvalue weighted by molar-refractivity contribution is 6.03. The Kier molecular flexibility index (Phi) is 4.90. The van der Waals surface area contributed by atoms with Gasteiger partial charge in [-0.05, 0) is 35.6 Å². The molecule has 0 amide bonds. The molecule has 24 heavy (non-hydrogen) atoms. The molecule has 0 radical (unpaired) electrons. The van der Waals surface area contributed by atoms with Crippen molar-refractivity contribution in [1.82, 2.24) is 0 Å². The van der Waals surface area contributed by atoms with Gasteiger partial charge >= 0.3 is 0 Å². The second-order valence-corrected chi connectivity index (χ2v) is 6.08. The Hall–Kier alpha value is -2.67. The summed E-state index contributed by atoms with van der Waals surface area (Å²) in [6.45, 7) is 4.12. The van der Waals surface area contributed by atoms with E-state index in [0.29, 0.717) is 0 Å². The van der Waals surface area contributed by atoms with Crippen molar-refractivity contribution in [2.75, 3.05) is 0 Å². The third-order valence-corrected chi connectivity index (χ3v) is 4.61. The number of carbonyl (C=O) groups excluding carboxylic acids is 1. The van der Waals surface area contributed by atoms with Crippen molar-refractivity contribution in [2.45, 2.75) is 26.2 Å². The molecule has 0 spiro atoms. The Labute approximate surface area is 144 Å². The first-order valence-electron chi connectivity index (χ1n) is 8.46. The molecular formula is C23H22O. The molecule has 0 fully saturated rings. The minimum atomic E-state index is -0.0871. The van der Waals surface area contributed by atoms with Gasteiger partial charge in [-0.25, -0.2) is 0 Å². The van der Waals surface area contributed by atoms with Crippen LogP contribution in [0.2, 0.25) is 0 Å². The van der Waals surface area contributed by atoms with Crippen LogP contribution in [0.15, 0.2) is 78.9 Å². The predicted molar refractivity (Wildman–Crippen MR) is 100 cm³/mol. The minimum absolute atomic E-state index is 0.0871. The summed E-state index contributed by atoms with van der Waals surface area (Å²) in [7, 11) is 0. The molecule has 1 atom stereocenters. The molecule has 1 nitrogen and oxygen atoms in total. The molecule has 0 saturated heterocycles. The average molecular weight is 314 g/mol. The molecular weight excluding hydrogens is 292 g/mol. The van der Waals surface area contributed by atoms with Crippen molar-refractivity contribution >= 4 is 5.78 Å². The maximum absolute atomic E-state index is 13.2. The van der Waals surface area contributed by atoms with Crippen LogP contribution in [0.5, 0.6) is 0 Å². The summed E-state index contributed by atoms with van der Waals surface area (Å²) in [6, 6.07) is 26.3. The van der Waals surface area contributed by atoms with Crippen LogP contribution < -0.4 is 0 Å². The maximum Gasteiger partial charge on any atom is 0.170 e. The fourth-order valence-corrected chi connectivity index (χ4v) is 3.28. The Morgan fingerprint density at radius 2 is 1.46 bits per heavy atom. The standard InChI is InChI=1S/C23H22O/c1-3-20(18-11-6-4-7-12-18)23(24)22-16-10-15-21(17(22)2)19-13-8-5-9-14-19/h4-16,20H,3H2,1-2H3. The number of Topliss-reactive ketones (excluding diaryl/α,β-unsaturated/α-hetero) is 1. The summed E-state index contributed by atoms with van der Waals surface area (Å²) in [5.41, 5.74) is 5.26. The third-order valence-electron chi connectivity index (χ3n) is 4.61. The second-order valence-electron chi connectivity index (χ2n) is 6.08. The molecule has 0 bridgehead atoms. The van der Waals surface area contributed by atoms with Crippen LogP contribution in [0, 0.1) is 6.92 Å². The van der Waals surface area contributed by atoms with Crippen LogP contribution in [0.1, 0.15) is 40.7 Å². The molecule has 0 N–H and O–H groups in total. The van der Waals surface area contributed by atoms with Gasteiger partial charge in [0.15, 0.2) is 5.78 Å². The van der Waals surface area contributed by atoms with Gasteiger partial charge in [0.2, 0.25) is 0 Å². The summed E-state index contributed by atoms with van der Waals surface area (Å²) >= 11 is 0. The number of hydrogen-bond acceptors (Lipinski definition) is 1. The summed E-state index contributed by atoms with van der Waals surface area (Å²) in [5.74, 6) is 0.120. The summed E-state index contributed by atoms with van der Waals surface area (Å²) < 4.78 is 0. The minimum Gasteiger partial charge on any atom is -0.293 e. The van der Waals surface area contributed by atoms with Crippen LogP contribution in [0.3, 0.4) is 0 Å². The van der Waals surface area contributed by atoms with Crippen LogP contribution in [-0.4, -0.2) is 5.78 Å². The van der Waals surface area contributed by atoms with Gasteiger partial charge in [-0.15, -0.1) is 0 Å². The molecule has 0 saturated carbocycles. The normalized spacial score (nSPS) is 11.9. The topological polar surface area (TPSA) is 17.1 Å². The Bertz CT molecular complexity index is 819. The van der Waals surface area contributed by atoms with Gasteiger partial charge in [0, 0.05) is 11.5 Å². The summed E-state index contributed by atoms with van der Waals surface area (Å²) in [5, 5.41) is 0. The van der Waals surface area contributed by atoms with E-state index in [0.717, 1.165) is 34.2 Å². The number of carbonyl (C=O) groups is 1. The van der Waals surface area contributed by atoms with Gasteiger partial charge in [-0.2, -0.15) is 0 Å². The highest BCUT2D eigenvalue weighted by Gasteiger charge is 2.22. The zero-order valence-electron chi connectivity index (χ0n) is 14.2. The van der Waals surface area contributed by atoms with Gasteiger partial charge < -0.3 is 0 Å². The highest BCUT2D eigenvalue weighted by Crippen LogP contribution is 2.30. The number of rotatable bonds is 5. The smallest absolute Gasteiger partial charge is 0.170 e. The molecule has 0 aliphatic rings. The second kappa shape index (κ2) is 7.27. The number of ketones is 1. The van der Waals surface area contributed by atoms with Gasteiger partial charge in [-0.1, -0.05) is 85.8 Å².